The molecule has 0 saturated heterocycles. The summed E-state index contributed by atoms with van der Waals surface area (Å²) in [5, 5.41) is 2.69. The lowest BCUT2D eigenvalue weighted by molar-refractivity contribution is -0.129. The van der Waals surface area contributed by atoms with Crippen molar-refractivity contribution in [3.63, 3.8) is 0 Å². The van der Waals surface area contributed by atoms with Crippen molar-refractivity contribution in [3.05, 3.63) is 72.5 Å². The first kappa shape index (κ1) is 22.5. The number of halogens is 2. The highest BCUT2D eigenvalue weighted by Gasteiger charge is 2.24. The van der Waals surface area contributed by atoms with Crippen LogP contribution >= 0.6 is 45.2 Å². The minimum absolute atomic E-state index is 0.155. The highest BCUT2D eigenvalue weighted by molar-refractivity contribution is 14.1. The van der Waals surface area contributed by atoms with Crippen LogP contribution < -0.4 is 10.1 Å². The third-order valence-electron chi connectivity index (χ3n) is 3.86. The topological polar surface area (TPSA) is 77.0 Å². The molecule has 3 rings (SSSR count). The number of anilines is 1. The first-order valence-electron chi connectivity index (χ1n) is 8.89. The van der Waals surface area contributed by atoms with Gasteiger partial charge in [-0.15, -0.1) is 0 Å². The first-order valence-corrected chi connectivity index (χ1v) is 11.1. The van der Waals surface area contributed by atoms with Crippen molar-refractivity contribution in [3.8, 4) is 5.75 Å². The van der Waals surface area contributed by atoms with Gasteiger partial charge in [-0.1, -0.05) is 6.58 Å². The van der Waals surface area contributed by atoms with E-state index >= 15 is 0 Å². The second-order valence-electron chi connectivity index (χ2n) is 6.65. The SMILES string of the molecule is C=C(C)COc1c(I)cc(/C=C2\N=C(c3ccc(NC(C)=O)cc3)OC2=O)cc1I. The van der Waals surface area contributed by atoms with Crippen LogP contribution in [0.1, 0.15) is 25.0 Å². The summed E-state index contributed by atoms with van der Waals surface area (Å²) in [7, 11) is 0. The highest BCUT2D eigenvalue weighted by atomic mass is 127. The third kappa shape index (κ3) is 5.69. The molecular weight excluding hydrogens is 610 g/mol. The van der Waals surface area contributed by atoms with Crippen LogP contribution in [0.5, 0.6) is 5.75 Å². The molecular formula is C22H18I2N2O4. The number of cyclic esters (lactones) is 1. The lowest BCUT2D eigenvalue weighted by atomic mass is 10.2. The molecule has 30 heavy (non-hydrogen) atoms. The predicted molar refractivity (Wildman–Crippen MR) is 134 cm³/mol. The zero-order valence-electron chi connectivity index (χ0n) is 16.3. The van der Waals surface area contributed by atoms with Crippen LogP contribution in [0.25, 0.3) is 6.08 Å². The summed E-state index contributed by atoms with van der Waals surface area (Å²) in [6.07, 6.45) is 1.69. The molecule has 0 atom stereocenters. The second-order valence-corrected chi connectivity index (χ2v) is 8.98. The van der Waals surface area contributed by atoms with E-state index in [9.17, 15) is 9.59 Å². The van der Waals surface area contributed by atoms with Crippen molar-refractivity contribution in [2.75, 3.05) is 11.9 Å². The number of hydrogen-bond acceptors (Lipinski definition) is 5. The van der Waals surface area contributed by atoms with Gasteiger partial charge in [0.05, 0.1) is 7.14 Å². The van der Waals surface area contributed by atoms with Crippen LogP contribution in [-0.2, 0) is 14.3 Å². The van der Waals surface area contributed by atoms with Gasteiger partial charge in [0, 0.05) is 18.2 Å². The van der Waals surface area contributed by atoms with Gasteiger partial charge in [0.15, 0.2) is 5.70 Å². The van der Waals surface area contributed by atoms with E-state index in [0.29, 0.717) is 17.9 Å². The normalized spacial score (nSPS) is 14.3. The number of rotatable bonds is 6. The van der Waals surface area contributed by atoms with E-state index in [0.717, 1.165) is 24.0 Å². The molecule has 2 aromatic rings. The molecule has 0 fully saturated rings. The van der Waals surface area contributed by atoms with Gasteiger partial charge < -0.3 is 14.8 Å². The summed E-state index contributed by atoms with van der Waals surface area (Å²) in [6, 6.07) is 10.8. The average molecular weight is 628 g/mol. The molecule has 0 aromatic heterocycles. The molecule has 8 heteroatoms. The molecule has 0 bridgehead atoms. The van der Waals surface area contributed by atoms with Crippen LogP contribution in [-0.4, -0.2) is 24.4 Å². The monoisotopic (exact) mass is 628 g/mol. The highest BCUT2D eigenvalue weighted by Crippen LogP contribution is 2.31. The van der Waals surface area contributed by atoms with Gasteiger partial charge in [-0.3, -0.25) is 4.79 Å². The fraction of sp³-hybridized carbons (Fsp3) is 0.136. The number of benzene rings is 2. The van der Waals surface area contributed by atoms with Gasteiger partial charge in [-0.05, 0) is 106 Å². The van der Waals surface area contributed by atoms with Crippen molar-refractivity contribution in [2.45, 2.75) is 13.8 Å². The largest absolute Gasteiger partial charge is 0.487 e. The summed E-state index contributed by atoms with van der Waals surface area (Å²) in [5.74, 6) is 0.353. The average Bonchev–Trinajstić information content (AvgIpc) is 3.01. The molecule has 6 nitrogen and oxygen atoms in total. The Bertz CT molecular complexity index is 1070. The molecule has 1 aliphatic heterocycles. The van der Waals surface area contributed by atoms with Gasteiger partial charge in [0.2, 0.25) is 11.8 Å². The van der Waals surface area contributed by atoms with Crippen molar-refractivity contribution in [1.82, 2.24) is 0 Å². The van der Waals surface area contributed by atoms with Gasteiger partial charge >= 0.3 is 5.97 Å². The molecule has 1 N–H and O–H groups in total. The minimum atomic E-state index is -0.511. The summed E-state index contributed by atoms with van der Waals surface area (Å²) in [6.45, 7) is 7.65. The molecule has 0 radical (unpaired) electrons. The molecule has 2 aromatic carbocycles. The number of carbonyl (C=O) groups is 2. The Balaban J connectivity index is 1.83. The van der Waals surface area contributed by atoms with E-state index in [1.165, 1.54) is 6.92 Å². The maximum absolute atomic E-state index is 12.3. The van der Waals surface area contributed by atoms with E-state index in [4.69, 9.17) is 9.47 Å². The Hall–Kier alpha value is -2.21. The number of aliphatic imine (C=N–C) groups is 1. The number of hydrogen-bond donors (Lipinski definition) is 1. The van der Waals surface area contributed by atoms with Gasteiger partial charge in [0.1, 0.15) is 12.4 Å². The van der Waals surface area contributed by atoms with Gasteiger partial charge in [0.25, 0.3) is 0 Å². The minimum Gasteiger partial charge on any atom is -0.487 e. The van der Waals surface area contributed by atoms with Crippen LogP contribution in [0.4, 0.5) is 5.69 Å². The fourth-order valence-corrected chi connectivity index (χ4v) is 4.71. The number of carbonyl (C=O) groups excluding carboxylic acids is 2. The Morgan fingerprint density at radius 1 is 1.20 bits per heavy atom. The first-order chi connectivity index (χ1) is 14.2. The van der Waals surface area contributed by atoms with E-state index in [2.05, 4.69) is 62.1 Å². The van der Waals surface area contributed by atoms with Crippen molar-refractivity contribution < 1.29 is 19.1 Å². The number of nitrogens with zero attached hydrogens (tertiary/aromatic N) is 1. The molecule has 1 heterocycles. The molecule has 0 aliphatic carbocycles. The van der Waals surface area contributed by atoms with E-state index in [1.54, 1.807) is 30.3 Å². The Labute approximate surface area is 201 Å². The molecule has 0 spiro atoms. The lowest BCUT2D eigenvalue weighted by Crippen LogP contribution is -2.07. The third-order valence-corrected chi connectivity index (χ3v) is 5.46. The zero-order chi connectivity index (χ0) is 21.8. The van der Waals surface area contributed by atoms with Crippen LogP contribution in [0.2, 0.25) is 0 Å². The summed E-state index contributed by atoms with van der Waals surface area (Å²) in [5.41, 5.74) is 3.29. The van der Waals surface area contributed by atoms with E-state index < -0.39 is 5.97 Å². The Kier molecular flexibility index (Phi) is 7.29. The number of esters is 1. The van der Waals surface area contributed by atoms with E-state index in [-0.39, 0.29) is 17.5 Å². The second kappa shape index (κ2) is 9.73. The molecule has 1 amide bonds. The number of ether oxygens (including phenoxy) is 2. The van der Waals surface area contributed by atoms with Crippen LogP contribution in [0.3, 0.4) is 0 Å². The Morgan fingerprint density at radius 2 is 1.83 bits per heavy atom. The summed E-state index contributed by atoms with van der Waals surface area (Å²) < 4.78 is 13.0. The van der Waals surface area contributed by atoms with Crippen molar-refractivity contribution >= 4 is 74.7 Å². The maximum Gasteiger partial charge on any atom is 0.363 e. The smallest absolute Gasteiger partial charge is 0.363 e. The summed E-state index contributed by atoms with van der Waals surface area (Å²) in [4.78, 5) is 27.8. The maximum atomic E-state index is 12.3. The Morgan fingerprint density at radius 3 is 2.40 bits per heavy atom. The lowest BCUT2D eigenvalue weighted by Gasteiger charge is -2.11. The molecule has 1 aliphatic rings. The molecule has 0 saturated carbocycles. The van der Waals surface area contributed by atoms with Crippen LogP contribution in [0.15, 0.2) is 59.2 Å². The standard InChI is InChI=1S/C22H18I2N2O4/c1-12(2)11-29-20-17(23)8-14(9-18(20)24)10-19-22(28)30-21(26-19)15-4-6-16(7-5-15)25-13(3)27/h4-10H,1,11H2,2-3H3,(H,25,27)/b19-10-. The van der Waals surface area contributed by atoms with Crippen molar-refractivity contribution in [2.24, 2.45) is 4.99 Å². The van der Waals surface area contributed by atoms with Crippen LogP contribution in [0, 0.1) is 7.14 Å². The quantitative estimate of drug-likeness (QED) is 0.208. The summed E-state index contributed by atoms with van der Waals surface area (Å²) >= 11 is 4.41. The number of amides is 1. The molecule has 154 valence electrons. The zero-order valence-corrected chi connectivity index (χ0v) is 20.6. The van der Waals surface area contributed by atoms with Crippen molar-refractivity contribution in [1.29, 1.82) is 0 Å². The van der Waals surface area contributed by atoms with Gasteiger partial charge in [-0.25, -0.2) is 9.79 Å². The fourth-order valence-electron chi connectivity index (χ4n) is 2.59. The molecule has 0 unspecified atom stereocenters. The predicted octanol–water partition coefficient (Wildman–Crippen LogP) is 5.15. The van der Waals surface area contributed by atoms with E-state index in [1.807, 2.05) is 19.1 Å². The number of nitrogens with one attached hydrogen (secondary N) is 1. The van der Waals surface area contributed by atoms with Gasteiger partial charge in [-0.2, -0.15) is 0 Å².